The standard InChI is InChI=1S/C18H25N5O3S2/c1-18(11-19,12-7-8-12)21-14(24)9-26-15(25)10-27-17-23-22-16(28-17)20-13-5-3-2-4-6-13/h12-13H,2-10H2,1H3,(H,20,22)(H,21,24)/t18-/m1/s1. The molecule has 2 saturated carbocycles. The van der Waals surface area contributed by atoms with Crippen LogP contribution in [0.3, 0.4) is 0 Å². The summed E-state index contributed by atoms with van der Waals surface area (Å²) in [5, 5.41) is 24.3. The Bertz CT molecular complexity index is 740. The molecule has 3 rings (SSSR count). The molecule has 8 nitrogen and oxygen atoms in total. The van der Waals surface area contributed by atoms with E-state index in [1.165, 1.54) is 42.4 Å². The number of nitrogens with zero attached hydrogens (tertiary/aromatic N) is 3. The number of anilines is 1. The first kappa shape index (κ1) is 20.9. The third-order valence-corrected chi connectivity index (χ3v) is 7.00. The van der Waals surface area contributed by atoms with Gasteiger partial charge in [0.15, 0.2) is 10.9 Å². The Morgan fingerprint density at radius 1 is 1.29 bits per heavy atom. The van der Waals surface area contributed by atoms with E-state index >= 15 is 0 Å². The van der Waals surface area contributed by atoms with E-state index in [-0.39, 0.29) is 18.3 Å². The normalized spacial score (nSPS) is 19.3. The second-order valence-corrected chi connectivity index (χ2v) is 9.64. The fourth-order valence-electron chi connectivity index (χ4n) is 3.26. The van der Waals surface area contributed by atoms with Gasteiger partial charge >= 0.3 is 5.97 Å². The zero-order valence-electron chi connectivity index (χ0n) is 15.9. The number of esters is 1. The molecule has 0 aromatic carbocycles. The molecule has 0 saturated heterocycles. The van der Waals surface area contributed by atoms with Gasteiger partial charge in [0.25, 0.3) is 5.91 Å². The maximum absolute atomic E-state index is 11.9. The monoisotopic (exact) mass is 423 g/mol. The van der Waals surface area contributed by atoms with Gasteiger partial charge in [-0.3, -0.25) is 9.59 Å². The highest BCUT2D eigenvalue weighted by Crippen LogP contribution is 2.39. The van der Waals surface area contributed by atoms with Gasteiger partial charge in [0.2, 0.25) is 5.13 Å². The van der Waals surface area contributed by atoms with Crippen molar-refractivity contribution in [3.63, 3.8) is 0 Å². The summed E-state index contributed by atoms with van der Waals surface area (Å²) in [4.78, 5) is 23.8. The topological polar surface area (TPSA) is 117 Å². The van der Waals surface area contributed by atoms with E-state index < -0.39 is 17.4 Å². The molecule has 2 fully saturated rings. The largest absolute Gasteiger partial charge is 0.455 e. The molecule has 0 bridgehead atoms. The molecule has 1 heterocycles. The van der Waals surface area contributed by atoms with E-state index in [1.54, 1.807) is 6.92 Å². The minimum atomic E-state index is -0.882. The first-order valence-corrected chi connectivity index (χ1v) is 11.4. The summed E-state index contributed by atoms with van der Waals surface area (Å²) >= 11 is 2.66. The number of rotatable bonds is 9. The zero-order chi connectivity index (χ0) is 20.0. The molecular formula is C18H25N5O3S2. The Kier molecular flexibility index (Phi) is 7.13. The Hall–Kier alpha value is -1.86. The van der Waals surface area contributed by atoms with Crippen LogP contribution in [0.4, 0.5) is 5.13 Å². The summed E-state index contributed by atoms with van der Waals surface area (Å²) in [6.45, 7) is 1.32. The van der Waals surface area contributed by atoms with Crippen LogP contribution in [0.25, 0.3) is 0 Å². The van der Waals surface area contributed by atoms with Gasteiger partial charge in [-0.25, -0.2) is 0 Å². The molecule has 152 valence electrons. The summed E-state index contributed by atoms with van der Waals surface area (Å²) in [5.41, 5.74) is -0.882. The van der Waals surface area contributed by atoms with E-state index in [9.17, 15) is 14.9 Å². The van der Waals surface area contributed by atoms with Crippen molar-refractivity contribution in [2.24, 2.45) is 5.92 Å². The zero-order valence-corrected chi connectivity index (χ0v) is 17.5. The van der Waals surface area contributed by atoms with E-state index in [0.29, 0.717) is 10.4 Å². The molecular weight excluding hydrogens is 398 g/mol. The predicted octanol–water partition coefficient (Wildman–Crippen LogP) is 2.73. The van der Waals surface area contributed by atoms with Gasteiger partial charge in [-0.2, -0.15) is 5.26 Å². The minimum absolute atomic E-state index is 0.0590. The number of thioether (sulfide) groups is 1. The van der Waals surface area contributed by atoms with Crippen molar-refractivity contribution in [2.45, 2.75) is 67.8 Å². The molecule has 0 unspecified atom stereocenters. The predicted molar refractivity (Wildman–Crippen MR) is 107 cm³/mol. The van der Waals surface area contributed by atoms with Gasteiger partial charge in [-0.05, 0) is 38.5 Å². The smallest absolute Gasteiger partial charge is 0.316 e. The highest BCUT2D eigenvalue weighted by Gasteiger charge is 2.43. The highest BCUT2D eigenvalue weighted by atomic mass is 32.2. The third-order valence-electron chi connectivity index (χ3n) is 5.04. The maximum Gasteiger partial charge on any atom is 0.316 e. The molecule has 1 amide bonds. The van der Waals surface area contributed by atoms with Crippen LogP contribution in [0.1, 0.15) is 51.9 Å². The van der Waals surface area contributed by atoms with Gasteiger partial charge in [-0.15, -0.1) is 10.2 Å². The Morgan fingerprint density at radius 2 is 2.04 bits per heavy atom. The Labute approximate surface area is 172 Å². The maximum atomic E-state index is 11.9. The van der Waals surface area contributed by atoms with Crippen molar-refractivity contribution in [3.05, 3.63) is 0 Å². The van der Waals surface area contributed by atoms with Crippen molar-refractivity contribution < 1.29 is 14.3 Å². The summed E-state index contributed by atoms with van der Waals surface area (Å²) < 4.78 is 5.69. The van der Waals surface area contributed by atoms with E-state index in [4.69, 9.17) is 4.74 Å². The average molecular weight is 424 g/mol. The van der Waals surface area contributed by atoms with E-state index in [1.807, 2.05) is 0 Å². The summed E-state index contributed by atoms with van der Waals surface area (Å²) in [5.74, 6) is -0.711. The molecule has 1 atom stereocenters. The second-order valence-electron chi connectivity index (χ2n) is 7.44. The molecule has 2 aliphatic rings. The van der Waals surface area contributed by atoms with Gasteiger partial charge in [-0.1, -0.05) is 42.4 Å². The van der Waals surface area contributed by atoms with Gasteiger partial charge in [0, 0.05) is 6.04 Å². The van der Waals surface area contributed by atoms with E-state index in [2.05, 4.69) is 26.9 Å². The number of carbonyl (C=O) groups excluding carboxylic acids is 2. The summed E-state index contributed by atoms with van der Waals surface area (Å²) in [7, 11) is 0. The number of ether oxygens (including phenoxy) is 1. The van der Waals surface area contributed by atoms with Crippen molar-refractivity contribution in [1.29, 1.82) is 5.26 Å². The van der Waals surface area contributed by atoms with Crippen molar-refractivity contribution in [3.8, 4) is 6.07 Å². The average Bonchev–Trinajstić information content (AvgIpc) is 3.47. The van der Waals surface area contributed by atoms with Crippen LogP contribution < -0.4 is 10.6 Å². The van der Waals surface area contributed by atoms with Crippen LogP contribution in [-0.2, 0) is 14.3 Å². The van der Waals surface area contributed by atoms with Crippen LogP contribution in [0, 0.1) is 17.2 Å². The van der Waals surface area contributed by atoms with Crippen LogP contribution in [0.15, 0.2) is 4.34 Å². The number of nitrogens with one attached hydrogen (secondary N) is 2. The second kappa shape index (κ2) is 9.56. The number of carbonyl (C=O) groups is 2. The van der Waals surface area contributed by atoms with E-state index in [0.717, 1.165) is 30.8 Å². The summed E-state index contributed by atoms with van der Waals surface area (Å²) in [6, 6.07) is 2.60. The number of hydrogen-bond acceptors (Lipinski definition) is 9. The molecule has 1 aromatic heterocycles. The van der Waals surface area contributed by atoms with Crippen LogP contribution in [0.2, 0.25) is 0 Å². The van der Waals surface area contributed by atoms with Crippen molar-refractivity contribution in [1.82, 2.24) is 15.5 Å². The number of hydrogen-bond donors (Lipinski definition) is 2. The molecule has 2 N–H and O–H groups in total. The lowest BCUT2D eigenvalue weighted by Crippen LogP contribution is -2.48. The summed E-state index contributed by atoms with van der Waals surface area (Å²) in [6.07, 6.45) is 7.95. The molecule has 0 radical (unpaired) electrons. The fourth-order valence-corrected chi connectivity index (χ4v) is 4.89. The number of amides is 1. The lowest BCUT2D eigenvalue weighted by atomic mass is 9.96. The van der Waals surface area contributed by atoms with Crippen LogP contribution in [-0.4, -0.2) is 46.0 Å². The van der Waals surface area contributed by atoms with Crippen molar-refractivity contribution >= 4 is 40.1 Å². The van der Waals surface area contributed by atoms with Gasteiger partial charge in [0.05, 0.1) is 11.8 Å². The molecule has 2 aliphatic carbocycles. The lowest BCUT2D eigenvalue weighted by molar-refractivity contribution is -0.146. The SMILES string of the molecule is C[C@](C#N)(NC(=O)COC(=O)CSc1nnc(NC2CCCCC2)s1)C1CC1. The minimum Gasteiger partial charge on any atom is -0.455 e. The Morgan fingerprint density at radius 3 is 2.71 bits per heavy atom. The molecule has 28 heavy (non-hydrogen) atoms. The molecule has 0 aliphatic heterocycles. The first-order valence-electron chi connectivity index (χ1n) is 9.59. The third kappa shape index (κ3) is 6.07. The highest BCUT2D eigenvalue weighted by molar-refractivity contribution is 8.01. The van der Waals surface area contributed by atoms with Crippen LogP contribution >= 0.6 is 23.1 Å². The Balaban J connectivity index is 1.35. The molecule has 10 heteroatoms. The van der Waals surface area contributed by atoms with Crippen LogP contribution in [0.5, 0.6) is 0 Å². The van der Waals surface area contributed by atoms with Gasteiger partial charge < -0.3 is 15.4 Å². The first-order chi connectivity index (χ1) is 13.5. The fraction of sp³-hybridized carbons (Fsp3) is 0.722. The van der Waals surface area contributed by atoms with Crippen molar-refractivity contribution in [2.75, 3.05) is 17.7 Å². The molecule has 1 aromatic rings. The number of aromatic nitrogens is 2. The quantitative estimate of drug-likeness (QED) is 0.460. The van der Waals surface area contributed by atoms with Gasteiger partial charge in [0.1, 0.15) is 5.54 Å². The lowest BCUT2D eigenvalue weighted by Gasteiger charge is -2.22. The number of nitriles is 1. The molecule has 0 spiro atoms.